The summed E-state index contributed by atoms with van der Waals surface area (Å²) >= 11 is 3.33. The zero-order valence-corrected chi connectivity index (χ0v) is 13.5. The summed E-state index contributed by atoms with van der Waals surface area (Å²) in [6, 6.07) is 6.66. The van der Waals surface area contributed by atoms with Crippen molar-refractivity contribution in [3.63, 3.8) is 0 Å². The average Bonchev–Trinajstić information content (AvgIpc) is 2.46. The van der Waals surface area contributed by atoms with Gasteiger partial charge >= 0.3 is 0 Å². The molecule has 0 bridgehead atoms. The lowest BCUT2D eigenvalue weighted by atomic mass is 10.0. The Labute approximate surface area is 131 Å². The summed E-state index contributed by atoms with van der Waals surface area (Å²) in [6.45, 7) is 2.79. The molecule has 4 nitrogen and oxygen atoms in total. The topological polar surface area (TPSA) is 47.0 Å². The Morgan fingerprint density at radius 1 is 1.29 bits per heavy atom. The first-order valence-electron chi connectivity index (χ1n) is 6.66. The molecule has 1 aromatic carbocycles. The molecule has 0 radical (unpaired) electrons. The second-order valence-electron chi connectivity index (χ2n) is 4.57. The van der Waals surface area contributed by atoms with Gasteiger partial charge in [-0.2, -0.15) is 0 Å². The maximum atomic E-state index is 13.6. The molecular formula is C15H17BrFN3O. The summed E-state index contributed by atoms with van der Waals surface area (Å²) in [5, 5.41) is 3.35. The van der Waals surface area contributed by atoms with Gasteiger partial charge in [-0.1, -0.05) is 22.9 Å². The van der Waals surface area contributed by atoms with Crippen LogP contribution in [0.25, 0.3) is 0 Å². The number of aromatic nitrogens is 2. The number of hydrogen-bond acceptors (Lipinski definition) is 4. The highest BCUT2D eigenvalue weighted by Gasteiger charge is 2.14. The molecule has 1 heterocycles. The number of methoxy groups -OCH3 is 1. The van der Waals surface area contributed by atoms with Crippen LogP contribution < -0.4 is 10.1 Å². The molecule has 1 atom stereocenters. The second-order valence-corrected chi connectivity index (χ2v) is 5.48. The Morgan fingerprint density at radius 2 is 2.10 bits per heavy atom. The minimum atomic E-state index is -0.262. The van der Waals surface area contributed by atoms with Crippen molar-refractivity contribution in [3.8, 4) is 5.88 Å². The van der Waals surface area contributed by atoms with Crippen LogP contribution in [0.5, 0.6) is 5.88 Å². The summed E-state index contributed by atoms with van der Waals surface area (Å²) < 4.78 is 19.4. The molecule has 21 heavy (non-hydrogen) atoms. The first kappa shape index (κ1) is 15.9. The highest BCUT2D eigenvalue weighted by atomic mass is 79.9. The molecular weight excluding hydrogens is 337 g/mol. The smallest absolute Gasteiger partial charge is 0.216 e. The minimum absolute atomic E-state index is 0.0263. The zero-order valence-electron chi connectivity index (χ0n) is 11.9. The van der Waals surface area contributed by atoms with Gasteiger partial charge in [0, 0.05) is 28.7 Å². The Balaban J connectivity index is 2.25. The number of likely N-dealkylation sites (N-methyl/N-ethyl adjacent to an activating group) is 1. The predicted octanol–water partition coefficient (Wildman–Crippen LogP) is 3.28. The van der Waals surface area contributed by atoms with Crippen LogP contribution in [0.4, 0.5) is 4.39 Å². The van der Waals surface area contributed by atoms with Crippen molar-refractivity contribution < 1.29 is 9.13 Å². The molecule has 0 saturated carbocycles. The van der Waals surface area contributed by atoms with Gasteiger partial charge in [0.25, 0.3) is 0 Å². The van der Waals surface area contributed by atoms with E-state index in [9.17, 15) is 4.39 Å². The molecule has 112 valence electrons. The lowest BCUT2D eigenvalue weighted by Crippen LogP contribution is -2.23. The normalized spacial score (nSPS) is 12.2. The van der Waals surface area contributed by atoms with Crippen molar-refractivity contribution in [1.29, 1.82) is 0 Å². The standard InChI is InChI=1S/C15H17BrFN3O/c1-3-18-14(10-4-11(16)6-12(17)5-10)7-13-8-15(21-2)20-9-19-13/h4-6,8-9,14,18H,3,7H2,1-2H3. The molecule has 1 N–H and O–H groups in total. The zero-order chi connectivity index (χ0) is 15.2. The van der Waals surface area contributed by atoms with Crippen LogP contribution >= 0.6 is 15.9 Å². The van der Waals surface area contributed by atoms with Crippen LogP contribution in [0.1, 0.15) is 24.2 Å². The lowest BCUT2D eigenvalue weighted by molar-refractivity contribution is 0.395. The molecule has 0 spiro atoms. The highest BCUT2D eigenvalue weighted by molar-refractivity contribution is 9.10. The van der Waals surface area contributed by atoms with Crippen LogP contribution in [-0.4, -0.2) is 23.6 Å². The predicted molar refractivity (Wildman–Crippen MR) is 82.8 cm³/mol. The van der Waals surface area contributed by atoms with Gasteiger partial charge in [-0.15, -0.1) is 0 Å². The minimum Gasteiger partial charge on any atom is -0.481 e. The summed E-state index contributed by atoms with van der Waals surface area (Å²) in [4.78, 5) is 8.23. The third-order valence-corrected chi connectivity index (χ3v) is 3.52. The number of nitrogens with zero attached hydrogens (tertiary/aromatic N) is 2. The van der Waals surface area contributed by atoms with Crippen LogP contribution in [0, 0.1) is 5.82 Å². The molecule has 1 unspecified atom stereocenters. The van der Waals surface area contributed by atoms with Crippen molar-refractivity contribution >= 4 is 15.9 Å². The third kappa shape index (κ3) is 4.47. The van der Waals surface area contributed by atoms with Crippen molar-refractivity contribution in [3.05, 3.63) is 52.1 Å². The number of hydrogen-bond donors (Lipinski definition) is 1. The van der Waals surface area contributed by atoms with E-state index in [1.54, 1.807) is 13.2 Å². The first-order valence-corrected chi connectivity index (χ1v) is 7.46. The van der Waals surface area contributed by atoms with Crippen molar-refractivity contribution in [2.24, 2.45) is 0 Å². The fourth-order valence-corrected chi connectivity index (χ4v) is 2.62. The summed E-state index contributed by atoms with van der Waals surface area (Å²) in [5.74, 6) is 0.262. The average molecular weight is 354 g/mol. The summed E-state index contributed by atoms with van der Waals surface area (Å²) in [7, 11) is 1.57. The van der Waals surface area contributed by atoms with Crippen LogP contribution in [0.3, 0.4) is 0 Å². The highest BCUT2D eigenvalue weighted by Crippen LogP contribution is 2.23. The summed E-state index contributed by atoms with van der Waals surface area (Å²) in [6.07, 6.45) is 2.10. The van der Waals surface area contributed by atoms with Crippen molar-refractivity contribution in [2.75, 3.05) is 13.7 Å². The molecule has 0 saturated heterocycles. The van der Waals surface area contributed by atoms with Crippen molar-refractivity contribution in [1.82, 2.24) is 15.3 Å². The Morgan fingerprint density at radius 3 is 2.76 bits per heavy atom. The van der Waals surface area contributed by atoms with Gasteiger partial charge in [0.05, 0.1) is 7.11 Å². The second kappa shape index (κ2) is 7.47. The van der Waals surface area contributed by atoms with E-state index >= 15 is 0 Å². The monoisotopic (exact) mass is 353 g/mol. The van der Waals surface area contributed by atoms with E-state index in [0.717, 1.165) is 22.3 Å². The number of nitrogens with one attached hydrogen (secondary N) is 1. The molecule has 0 aliphatic heterocycles. The Kier molecular flexibility index (Phi) is 5.64. The molecule has 2 rings (SSSR count). The Hall–Kier alpha value is -1.53. The van der Waals surface area contributed by atoms with E-state index in [-0.39, 0.29) is 11.9 Å². The Bertz CT molecular complexity index is 589. The van der Waals surface area contributed by atoms with E-state index < -0.39 is 0 Å². The molecule has 6 heteroatoms. The van der Waals surface area contributed by atoms with Crippen LogP contribution in [0.2, 0.25) is 0 Å². The fourth-order valence-electron chi connectivity index (χ4n) is 2.14. The number of ether oxygens (including phenoxy) is 1. The SMILES string of the molecule is CCNC(Cc1cc(OC)ncn1)c1cc(F)cc(Br)c1. The van der Waals surface area contributed by atoms with E-state index in [1.165, 1.54) is 18.5 Å². The number of benzene rings is 1. The van der Waals surface area contributed by atoms with Gasteiger partial charge in [-0.05, 0) is 30.3 Å². The third-order valence-electron chi connectivity index (χ3n) is 3.06. The van der Waals surface area contributed by atoms with E-state index in [0.29, 0.717) is 12.3 Å². The van der Waals surface area contributed by atoms with E-state index in [2.05, 4.69) is 31.2 Å². The van der Waals surface area contributed by atoms with Crippen molar-refractivity contribution in [2.45, 2.75) is 19.4 Å². The quantitative estimate of drug-likeness (QED) is 0.865. The number of rotatable bonds is 6. The molecule has 0 amide bonds. The molecule has 0 aliphatic carbocycles. The maximum Gasteiger partial charge on any atom is 0.216 e. The molecule has 0 aliphatic rings. The van der Waals surface area contributed by atoms with Gasteiger partial charge in [0.1, 0.15) is 12.1 Å². The fraction of sp³-hybridized carbons (Fsp3) is 0.333. The van der Waals surface area contributed by atoms with Crippen LogP contribution in [0.15, 0.2) is 35.1 Å². The maximum absolute atomic E-state index is 13.6. The first-order chi connectivity index (χ1) is 10.1. The summed E-state index contributed by atoms with van der Waals surface area (Å²) in [5.41, 5.74) is 1.72. The van der Waals surface area contributed by atoms with Gasteiger partial charge in [-0.3, -0.25) is 0 Å². The van der Waals surface area contributed by atoms with Gasteiger partial charge in [-0.25, -0.2) is 14.4 Å². The van der Waals surface area contributed by atoms with E-state index in [4.69, 9.17) is 4.74 Å². The van der Waals surface area contributed by atoms with Gasteiger partial charge < -0.3 is 10.1 Å². The van der Waals surface area contributed by atoms with Gasteiger partial charge in [0.2, 0.25) is 5.88 Å². The molecule has 2 aromatic rings. The number of halogens is 2. The van der Waals surface area contributed by atoms with E-state index in [1.807, 2.05) is 13.0 Å². The molecule has 1 aromatic heterocycles. The lowest BCUT2D eigenvalue weighted by Gasteiger charge is -2.18. The van der Waals surface area contributed by atoms with Crippen LogP contribution in [-0.2, 0) is 6.42 Å². The molecule has 0 fully saturated rings. The van der Waals surface area contributed by atoms with Gasteiger partial charge in [0.15, 0.2) is 0 Å². The largest absolute Gasteiger partial charge is 0.481 e.